The summed E-state index contributed by atoms with van der Waals surface area (Å²) in [4.78, 5) is 20.3. The van der Waals surface area contributed by atoms with E-state index in [-0.39, 0.29) is 36.4 Å². The number of nitrogens with one attached hydrogen (secondary N) is 1. The lowest BCUT2D eigenvalue weighted by molar-refractivity contribution is -0.127. The quantitative estimate of drug-likeness (QED) is 0.375. The molecule has 2 heterocycles. The Hall–Kier alpha value is -0.220. The minimum atomic E-state index is 0. The highest BCUT2D eigenvalue weighted by atomic mass is 127. The highest BCUT2D eigenvalue weighted by molar-refractivity contribution is 14.0. The van der Waals surface area contributed by atoms with Gasteiger partial charge in [-0.25, -0.2) is 4.99 Å². The smallest absolute Gasteiger partial charge is 0.243 e. The van der Waals surface area contributed by atoms with Gasteiger partial charge in [0.2, 0.25) is 5.91 Å². The van der Waals surface area contributed by atoms with Gasteiger partial charge in [-0.15, -0.1) is 24.0 Å². The maximum absolute atomic E-state index is 11.9. The predicted molar refractivity (Wildman–Crippen MR) is 111 cm³/mol. The van der Waals surface area contributed by atoms with Crippen molar-refractivity contribution in [1.29, 1.82) is 0 Å². The first kappa shape index (κ1) is 21.8. The van der Waals surface area contributed by atoms with Crippen LogP contribution in [-0.4, -0.2) is 86.2 Å². The van der Waals surface area contributed by atoms with Gasteiger partial charge in [-0.3, -0.25) is 4.79 Å². The molecule has 140 valence electrons. The van der Waals surface area contributed by atoms with E-state index in [1.165, 1.54) is 6.42 Å². The van der Waals surface area contributed by atoms with Crippen LogP contribution in [-0.2, 0) is 9.53 Å². The monoisotopic (exact) mass is 470 g/mol. The van der Waals surface area contributed by atoms with Crippen molar-refractivity contribution in [3.8, 4) is 0 Å². The van der Waals surface area contributed by atoms with Crippen LogP contribution in [0.15, 0.2) is 4.99 Å². The van der Waals surface area contributed by atoms with Gasteiger partial charge in [0.15, 0.2) is 5.96 Å². The number of hydrogen-bond donors (Lipinski definition) is 1. The van der Waals surface area contributed by atoms with Crippen molar-refractivity contribution in [2.45, 2.75) is 25.0 Å². The van der Waals surface area contributed by atoms with Gasteiger partial charge in [0.1, 0.15) is 6.54 Å². The summed E-state index contributed by atoms with van der Waals surface area (Å²) in [6, 6.07) is 0. The normalized spacial score (nSPS) is 24.5. The number of thioether (sulfide) groups is 1. The molecular formula is C16H31IN4O2S. The summed E-state index contributed by atoms with van der Waals surface area (Å²) in [5.41, 5.74) is 0. The average molecular weight is 470 g/mol. The first-order valence-corrected chi connectivity index (χ1v) is 9.57. The Morgan fingerprint density at radius 3 is 2.88 bits per heavy atom. The third-order valence-corrected chi connectivity index (χ3v) is 5.70. The molecule has 0 radical (unpaired) electrons. The molecule has 2 unspecified atom stereocenters. The minimum absolute atomic E-state index is 0. The lowest BCUT2D eigenvalue weighted by Gasteiger charge is -2.34. The number of rotatable bonds is 5. The molecule has 2 rings (SSSR count). The summed E-state index contributed by atoms with van der Waals surface area (Å²) < 4.78 is 5.44. The van der Waals surface area contributed by atoms with Crippen LogP contribution < -0.4 is 5.32 Å². The van der Waals surface area contributed by atoms with Crippen molar-refractivity contribution in [2.24, 2.45) is 10.9 Å². The molecule has 0 spiro atoms. The molecule has 24 heavy (non-hydrogen) atoms. The number of nitrogens with zero attached hydrogens (tertiary/aromatic N) is 3. The number of carbonyl (C=O) groups is 1. The van der Waals surface area contributed by atoms with Crippen LogP contribution in [0.2, 0.25) is 0 Å². The molecule has 6 nitrogen and oxygen atoms in total. The van der Waals surface area contributed by atoms with Gasteiger partial charge in [0, 0.05) is 57.3 Å². The number of amides is 1. The van der Waals surface area contributed by atoms with E-state index in [0.717, 1.165) is 51.0 Å². The molecule has 0 aromatic heterocycles. The van der Waals surface area contributed by atoms with Gasteiger partial charge >= 0.3 is 0 Å². The molecule has 2 atom stereocenters. The molecule has 1 N–H and O–H groups in total. The van der Waals surface area contributed by atoms with Crippen LogP contribution in [0, 0.1) is 5.92 Å². The number of carbonyl (C=O) groups excluding carboxylic acids is 1. The fourth-order valence-electron chi connectivity index (χ4n) is 2.69. The topological polar surface area (TPSA) is 57.2 Å². The average Bonchev–Trinajstić information content (AvgIpc) is 3.08. The summed E-state index contributed by atoms with van der Waals surface area (Å²) in [7, 11) is 3.54. The second-order valence-electron chi connectivity index (χ2n) is 6.39. The molecule has 0 saturated carbocycles. The van der Waals surface area contributed by atoms with Gasteiger partial charge in [-0.2, -0.15) is 11.8 Å². The summed E-state index contributed by atoms with van der Waals surface area (Å²) in [5.74, 6) is 2.58. The van der Waals surface area contributed by atoms with Crippen LogP contribution in [0.5, 0.6) is 0 Å². The summed E-state index contributed by atoms with van der Waals surface area (Å²) in [5, 5.41) is 4.13. The molecule has 2 aliphatic rings. The summed E-state index contributed by atoms with van der Waals surface area (Å²) >= 11 is 2.04. The van der Waals surface area contributed by atoms with E-state index in [0.29, 0.717) is 11.2 Å². The molecule has 0 aromatic rings. The van der Waals surface area contributed by atoms with Crippen LogP contribution in [0.1, 0.15) is 19.8 Å². The molecular weight excluding hydrogens is 439 g/mol. The van der Waals surface area contributed by atoms with Gasteiger partial charge in [-0.05, 0) is 12.8 Å². The molecule has 1 amide bonds. The van der Waals surface area contributed by atoms with Gasteiger partial charge in [0.25, 0.3) is 0 Å². The van der Waals surface area contributed by atoms with E-state index < -0.39 is 0 Å². The fourth-order valence-corrected chi connectivity index (χ4v) is 3.87. The number of aliphatic imine (C=N–C) groups is 1. The molecule has 2 saturated heterocycles. The zero-order valence-corrected chi connectivity index (χ0v) is 18.1. The zero-order chi connectivity index (χ0) is 16.7. The van der Waals surface area contributed by atoms with Crippen LogP contribution in [0.3, 0.4) is 0 Å². The maximum atomic E-state index is 11.9. The Morgan fingerprint density at radius 2 is 2.25 bits per heavy atom. The molecule has 2 aliphatic heterocycles. The Bertz CT molecular complexity index is 417. The first-order chi connectivity index (χ1) is 11.1. The standard InChI is InChI=1S/C16H30N4O2S.HI/c1-4-14-11-20(6-8-23-14)16(18-10-15(21)19(2)3)17-9-13-5-7-22-12-13;/h13-14H,4-12H2,1-3H3,(H,17,18);1H. The summed E-state index contributed by atoms with van der Waals surface area (Å²) in [6.45, 7) is 6.98. The van der Waals surface area contributed by atoms with Gasteiger partial charge < -0.3 is 19.9 Å². The maximum Gasteiger partial charge on any atom is 0.243 e. The lowest BCUT2D eigenvalue weighted by atomic mass is 10.1. The Kier molecular flexibility index (Phi) is 10.4. The number of likely N-dealkylation sites (N-methyl/N-ethyl adjacent to an activating group) is 1. The largest absolute Gasteiger partial charge is 0.381 e. The minimum Gasteiger partial charge on any atom is -0.381 e. The zero-order valence-electron chi connectivity index (χ0n) is 15.0. The van der Waals surface area contributed by atoms with Crippen LogP contribution in [0.25, 0.3) is 0 Å². The van der Waals surface area contributed by atoms with Gasteiger partial charge in [0.05, 0.1) is 6.61 Å². The number of ether oxygens (including phenoxy) is 1. The van der Waals surface area contributed by atoms with E-state index in [2.05, 4.69) is 22.1 Å². The van der Waals surface area contributed by atoms with Crippen molar-refractivity contribution >= 4 is 47.6 Å². The van der Waals surface area contributed by atoms with Crippen LogP contribution >= 0.6 is 35.7 Å². The summed E-state index contributed by atoms with van der Waals surface area (Å²) in [6.07, 6.45) is 2.27. The second-order valence-corrected chi connectivity index (χ2v) is 7.79. The van der Waals surface area contributed by atoms with Crippen molar-refractivity contribution in [1.82, 2.24) is 15.1 Å². The Labute approximate surface area is 167 Å². The second kappa shape index (κ2) is 11.4. The fraction of sp³-hybridized carbons (Fsp3) is 0.875. The van der Waals surface area contributed by atoms with E-state index in [1.807, 2.05) is 11.8 Å². The van der Waals surface area contributed by atoms with E-state index in [4.69, 9.17) is 4.74 Å². The third-order valence-electron chi connectivity index (χ3n) is 4.33. The Balaban J connectivity index is 0.00000288. The van der Waals surface area contributed by atoms with Crippen LogP contribution in [0.4, 0.5) is 0 Å². The predicted octanol–water partition coefficient (Wildman–Crippen LogP) is 1.50. The van der Waals surface area contributed by atoms with E-state index >= 15 is 0 Å². The van der Waals surface area contributed by atoms with E-state index in [9.17, 15) is 4.79 Å². The third kappa shape index (κ3) is 6.95. The molecule has 2 fully saturated rings. The highest BCUT2D eigenvalue weighted by Gasteiger charge is 2.23. The molecule has 8 heteroatoms. The van der Waals surface area contributed by atoms with Crippen molar-refractivity contribution in [3.63, 3.8) is 0 Å². The molecule has 0 bridgehead atoms. The van der Waals surface area contributed by atoms with Crippen molar-refractivity contribution in [2.75, 3.05) is 59.2 Å². The highest BCUT2D eigenvalue weighted by Crippen LogP contribution is 2.21. The van der Waals surface area contributed by atoms with Crippen molar-refractivity contribution < 1.29 is 9.53 Å². The SMILES string of the molecule is CCC1CN(C(=NCC(=O)N(C)C)NCC2CCOC2)CCS1.I. The van der Waals surface area contributed by atoms with E-state index in [1.54, 1.807) is 19.0 Å². The lowest BCUT2D eigenvalue weighted by Crippen LogP contribution is -2.49. The number of halogens is 1. The number of guanidine groups is 1. The Morgan fingerprint density at radius 1 is 1.46 bits per heavy atom. The molecule has 0 aromatic carbocycles. The van der Waals surface area contributed by atoms with Gasteiger partial charge in [-0.1, -0.05) is 6.92 Å². The molecule has 0 aliphatic carbocycles. The van der Waals surface area contributed by atoms with Crippen molar-refractivity contribution in [3.05, 3.63) is 0 Å². The first-order valence-electron chi connectivity index (χ1n) is 8.53. The number of hydrogen-bond acceptors (Lipinski definition) is 4.